The van der Waals surface area contributed by atoms with Crippen LogP contribution in [0.5, 0.6) is 0 Å². The molecule has 0 aliphatic heterocycles. The molecular formula is C14H22OS. The van der Waals surface area contributed by atoms with Gasteiger partial charge in [-0.05, 0) is 48.1 Å². The van der Waals surface area contributed by atoms with E-state index in [1.54, 1.807) is 11.3 Å². The van der Waals surface area contributed by atoms with E-state index in [4.69, 9.17) is 0 Å². The number of aryl methyl sites for hydroxylation is 1. The topological polar surface area (TPSA) is 20.2 Å². The Hall–Kier alpha value is -0.340. The highest BCUT2D eigenvalue weighted by atomic mass is 32.1. The smallest absolute Gasteiger partial charge is 0.0912 e. The maximum Gasteiger partial charge on any atom is 0.0912 e. The van der Waals surface area contributed by atoms with E-state index in [9.17, 15) is 5.11 Å². The molecule has 1 atom stereocenters. The quantitative estimate of drug-likeness (QED) is 0.838. The lowest BCUT2D eigenvalue weighted by atomic mass is 9.79. The lowest BCUT2D eigenvalue weighted by Gasteiger charge is -2.29. The molecule has 1 aromatic rings. The van der Waals surface area contributed by atoms with E-state index < -0.39 is 0 Å². The molecule has 1 saturated carbocycles. The molecule has 1 aromatic heterocycles. The van der Waals surface area contributed by atoms with E-state index >= 15 is 0 Å². The zero-order valence-electron chi connectivity index (χ0n) is 10.3. The second-order valence-electron chi connectivity index (χ2n) is 5.13. The predicted octanol–water partition coefficient (Wildman–Crippen LogP) is 4.17. The number of aliphatic hydroxyl groups excluding tert-OH is 1. The number of hydrogen-bond donors (Lipinski definition) is 1. The minimum Gasteiger partial charge on any atom is -0.387 e. The molecule has 1 fully saturated rings. The van der Waals surface area contributed by atoms with Gasteiger partial charge in [-0.15, -0.1) is 11.3 Å². The lowest BCUT2D eigenvalue weighted by Crippen LogP contribution is -2.19. The van der Waals surface area contributed by atoms with Crippen molar-refractivity contribution >= 4 is 11.3 Å². The third-order valence-electron chi connectivity index (χ3n) is 3.94. The fourth-order valence-corrected chi connectivity index (χ4v) is 3.79. The Balaban J connectivity index is 2.04. The van der Waals surface area contributed by atoms with Gasteiger partial charge in [-0.3, -0.25) is 0 Å². The Labute approximate surface area is 103 Å². The largest absolute Gasteiger partial charge is 0.387 e. The highest BCUT2D eigenvalue weighted by Gasteiger charge is 2.27. The van der Waals surface area contributed by atoms with Crippen molar-refractivity contribution in [2.75, 3.05) is 0 Å². The van der Waals surface area contributed by atoms with Gasteiger partial charge in [0, 0.05) is 4.88 Å². The summed E-state index contributed by atoms with van der Waals surface area (Å²) >= 11 is 1.73. The minimum absolute atomic E-state index is 0.206. The van der Waals surface area contributed by atoms with Crippen LogP contribution in [0.25, 0.3) is 0 Å². The first-order valence-electron chi connectivity index (χ1n) is 6.46. The average molecular weight is 238 g/mol. The van der Waals surface area contributed by atoms with Crippen molar-refractivity contribution in [3.05, 3.63) is 21.9 Å². The van der Waals surface area contributed by atoms with Crippen LogP contribution in [0.3, 0.4) is 0 Å². The van der Waals surface area contributed by atoms with E-state index in [1.165, 1.54) is 36.1 Å². The highest BCUT2D eigenvalue weighted by Crippen LogP contribution is 2.39. The zero-order valence-corrected chi connectivity index (χ0v) is 11.1. The number of aliphatic hydroxyl groups is 1. The van der Waals surface area contributed by atoms with Crippen molar-refractivity contribution < 1.29 is 5.11 Å². The summed E-state index contributed by atoms with van der Waals surface area (Å²) in [6, 6.07) is 2.16. The molecular weight excluding hydrogens is 216 g/mol. The summed E-state index contributed by atoms with van der Waals surface area (Å²) in [4.78, 5) is 1.22. The average Bonchev–Trinajstić information content (AvgIpc) is 2.77. The summed E-state index contributed by atoms with van der Waals surface area (Å²) in [6.07, 6.45) is 5.80. The van der Waals surface area contributed by atoms with Crippen molar-refractivity contribution in [2.45, 2.75) is 52.1 Å². The second kappa shape index (κ2) is 5.33. The van der Waals surface area contributed by atoms with E-state index in [1.807, 2.05) is 0 Å². The number of hydrogen-bond acceptors (Lipinski definition) is 2. The molecule has 16 heavy (non-hydrogen) atoms. The maximum atomic E-state index is 10.4. The summed E-state index contributed by atoms with van der Waals surface area (Å²) in [5, 5.41) is 12.6. The molecule has 0 spiro atoms. The molecule has 0 amide bonds. The number of thiophene rings is 1. The summed E-state index contributed by atoms with van der Waals surface area (Å²) < 4.78 is 0. The standard InChI is InChI=1S/C14H22OS/c1-3-11-8-9-16-14(11)13(15)12-6-4-10(2)5-7-12/h8-10,12-13,15H,3-7H2,1-2H3. The van der Waals surface area contributed by atoms with Gasteiger partial charge in [-0.25, -0.2) is 0 Å². The van der Waals surface area contributed by atoms with Crippen LogP contribution in [0.2, 0.25) is 0 Å². The van der Waals surface area contributed by atoms with Gasteiger partial charge in [-0.2, -0.15) is 0 Å². The van der Waals surface area contributed by atoms with Crippen LogP contribution in [0.1, 0.15) is 56.1 Å². The molecule has 1 aliphatic carbocycles. The maximum absolute atomic E-state index is 10.4. The van der Waals surface area contributed by atoms with E-state index in [0.29, 0.717) is 5.92 Å². The molecule has 1 nitrogen and oxygen atoms in total. The predicted molar refractivity (Wildman–Crippen MR) is 69.8 cm³/mol. The Morgan fingerprint density at radius 3 is 2.69 bits per heavy atom. The third-order valence-corrected chi connectivity index (χ3v) is 4.97. The van der Waals surface area contributed by atoms with Crippen molar-refractivity contribution in [1.29, 1.82) is 0 Å². The molecule has 90 valence electrons. The van der Waals surface area contributed by atoms with E-state index in [0.717, 1.165) is 12.3 Å². The summed E-state index contributed by atoms with van der Waals surface area (Å²) in [5.74, 6) is 1.36. The van der Waals surface area contributed by atoms with Crippen LogP contribution in [0, 0.1) is 11.8 Å². The first kappa shape index (κ1) is 12.1. The van der Waals surface area contributed by atoms with Gasteiger partial charge in [0.1, 0.15) is 0 Å². The van der Waals surface area contributed by atoms with Crippen molar-refractivity contribution in [1.82, 2.24) is 0 Å². The summed E-state index contributed by atoms with van der Waals surface area (Å²) in [5.41, 5.74) is 1.34. The van der Waals surface area contributed by atoms with Crippen LogP contribution >= 0.6 is 11.3 Å². The minimum atomic E-state index is -0.206. The van der Waals surface area contributed by atoms with Crippen LogP contribution in [-0.2, 0) is 6.42 Å². The second-order valence-corrected chi connectivity index (χ2v) is 6.08. The van der Waals surface area contributed by atoms with Gasteiger partial charge in [0.05, 0.1) is 6.10 Å². The summed E-state index contributed by atoms with van der Waals surface area (Å²) in [6.45, 7) is 4.49. The first-order chi connectivity index (χ1) is 7.72. The van der Waals surface area contributed by atoms with Gasteiger partial charge in [0.15, 0.2) is 0 Å². The van der Waals surface area contributed by atoms with Crippen LogP contribution < -0.4 is 0 Å². The molecule has 0 aromatic carbocycles. The van der Waals surface area contributed by atoms with Crippen molar-refractivity contribution in [3.63, 3.8) is 0 Å². The molecule has 0 radical (unpaired) electrons. The SMILES string of the molecule is CCc1ccsc1C(O)C1CCC(C)CC1. The third kappa shape index (κ3) is 2.49. The molecule has 2 rings (SSSR count). The molecule has 0 bridgehead atoms. The Morgan fingerprint density at radius 2 is 2.06 bits per heavy atom. The Morgan fingerprint density at radius 1 is 1.38 bits per heavy atom. The van der Waals surface area contributed by atoms with Gasteiger partial charge in [0.2, 0.25) is 0 Å². The van der Waals surface area contributed by atoms with Gasteiger partial charge >= 0.3 is 0 Å². The van der Waals surface area contributed by atoms with Gasteiger partial charge in [-0.1, -0.05) is 26.7 Å². The molecule has 1 unspecified atom stereocenters. The lowest BCUT2D eigenvalue weighted by molar-refractivity contribution is 0.0778. The fraction of sp³-hybridized carbons (Fsp3) is 0.714. The van der Waals surface area contributed by atoms with E-state index in [-0.39, 0.29) is 6.10 Å². The molecule has 0 saturated heterocycles. The molecule has 2 heteroatoms. The van der Waals surface area contributed by atoms with Crippen LogP contribution in [-0.4, -0.2) is 5.11 Å². The van der Waals surface area contributed by atoms with Crippen molar-refractivity contribution in [2.24, 2.45) is 11.8 Å². The molecule has 1 aliphatic rings. The molecule has 1 heterocycles. The van der Waals surface area contributed by atoms with Crippen LogP contribution in [0.15, 0.2) is 11.4 Å². The normalized spacial score (nSPS) is 27.9. The monoisotopic (exact) mass is 238 g/mol. The van der Waals surface area contributed by atoms with Crippen LogP contribution in [0.4, 0.5) is 0 Å². The fourth-order valence-electron chi connectivity index (χ4n) is 2.71. The van der Waals surface area contributed by atoms with Gasteiger partial charge in [0.25, 0.3) is 0 Å². The Bertz CT molecular complexity index is 323. The molecule has 1 N–H and O–H groups in total. The Kier molecular flexibility index (Phi) is 4.04. The summed E-state index contributed by atoms with van der Waals surface area (Å²) in [7, 11) is 0. The van der Waals surface area contributed by atoms with Crippen molar-refractivity contribution in [3.8, 4) is 0 Å². The zero-order chi connectivity index (χ0) is 11.5. The highest BCUT2D eigenvalue weighted by molar-refractivity contribution is 7.10. The first-order valence-corrected chi connectivity index (χ1v) is 7.34. The number of rotatable bonds is 3. The van der Waals surface area contributed by atoms with Gasteiger partial charge < -0.3 is 5.11 Å². The van der Waals surface area contributed by atoms with E-state index in [2.05, 4.69) is 25.3 Å².